The molecule has 0 fully saturated rings. The minimum absolute atomic E-state index is 0.592. The molecular formula is C15H21N3O. The molecule has 1 N–H and O–H groups in total. The molecule has 0 saturated heterocycles. The second-order valence-electron chi connectivity index (χ2n) is 5.06. The fraction of sp³-hybridized carbons (Fsp3) is 0.400. The number of hydrogen-bond donors (Lipinski definition) is 1. The van der Waals surface area contributed by atoms with Crippen LogP contribution in [0.4, 0.5) is 11.6 Å². The van der Waals surface area contributed by atoms with Crippen LogP contribution in [0.15, 0.2) is 36.7 Å². The van der Waals surface area contributed by atoms with Gasteiger partial charge in [0, 0.05) is 31.7 Å². The summed E-state index contributed by atoms with van der Waals surface area (Å²) in [4.78, 5) is 4.36. The van der Waals surface area contributed by atoms with E-state index >= 15 is 0 Å². The summed E-state index contributed by atoms with van der Waals surface area (Å²) in [6.07, 6.45) is 3.82. The second kappa shape index (κ2) is 6.38. The highest BCUT2D eigenvalue weighted by atomic mass is 16.5. The summed E-state index contributed by atoms with van der Waals surface area (Å²) in [5.41, 5.74) is 2.18. The van der Waals surface area contributed by atoms with E-state index in [2.05, 4.69) is 40.8 Å². The number of anilines is 2. The summed E-state index contributed by atoms with van der Waals surface area (Å²) in [5, 5.41) is 3.35. The van der Waals surface area contributed by atoms with Gasteiger partial charge in [0.25, 0.3) is 0 Å². The first kappa shape index (κ1) is 13.6. The predicted octanol–water partition coefficient (Wildman–Crippen LogP) is 3.43. The van der Waals surface area contributed by atoms with Gasteiger partial charge in [-0.05, 0) is 23.6 Å². The van der Waals surface area contributed by atoms with E-state index in [0.717, 1.165) is 23.7 Å². The molecule has 0 aliphatic rings. The zero-order valence-corrected chi connectivity index (χ0v) is 11.8. The van der Waals surface area contributed by atoms with Crippen molar-refractivity contribution < 1.29 is 4.74 Å². The number of hydrogen-bond acceptors (Lipinski definition) is 3. The number of ether oxygens (including phenoxy) is 1. The molecule has 4 heteroatoms. The molecule has 1 aromatic carbocycles. The van der Waals surface area contributed by atoms with E-state index in [-0.39, 0.29) is 0 Å². The Labute approximate surface area is 114 Å². The Morgan fingerprint density at radius 1 is 1.37 bits per heavy atom. The Morgan fingerprint density at radius 3 is 2.95 bits per heavy atom. The summed E-state index contributed by atoms with van der Waals surface area (Å²) in [7, 11) is 1.70. The van der Waals surface area contributed by atoms with Gasteiger partial charge >= 0.3 is 0 Å². The van der Waals surface area contributed by atoms with Gasteiger partial charge in [-0.2, -0.15) is 0 Å². The molecule has 0 aliphatic carbocycles. The number of nitrogens with zero attached hydrogens (tertiary/aromatic N) is 2. The first-order valence-corrected chi connectivity index (χ1v) is 6.55. The lowest BCUT2D eigenvalue weighted by atomic mass is 10.2. The Hall–Kier alpha value is -1.81. The maximum Gasteiger partial charge on any atom is 0.207 e. The minimum Gasteiger partial charge on any atom is -0.380 e. The third kappa shape index (κ3) is 3.83. The number of benzene rings is 1. The highest BCUT2D eigenvalue weighted by molar-refractivity contribution is 5.54. The fourth-order valence-electron chi connectivity index (χ4n) is 2.01. The highest BCUT2D eigenvalue weighted by Crippen LogP contribution is 2.17. The SMILES string of the molecule is COCc1cccc(Nc2nccn2CC(C)C)c1. The van der Waals surface area contributed by atoms with Crippen molar-refractivity contribution >= 4 is 11.6 Å². The minimum atomic E-state index is 0.592. The Kier molecular flexibility index (Phi) is 4.58. The van der Waals surface area contributed by atoms with Gasteiger partial charge in [-0.25, -0.2) is 4.98 Å². The lowest BCUT2D eigenvalue weighted by molar-refractivity contribution is 0.185. The van der Waals surface area contributed by atoms with Gasteiger partial charge in [0.1, 0.15) is 0 Å². The molecule has 0 atom stereocenters. The van der Waals surface area contributed by atoms with Gasteiger partial charge < -0.3 is 14.6 Å². The second-order valence-corrected chi connectivity index (χ2v) is 5.06. The van der Waals surface area contributed by atoms with Gasteiger partial charge in [-0.15, -0.1) is 0 Å². The third-order valence-electron chi connectivity index (χ3n) is 2.77. The number of methoxy groups -OCH3 is 1. The van der Waals surface area contributed by atoms with Crippen LogP contribution in [0.3, 0.4) is 0 Å². The lowest BCUT2D eigenvalue weighted by Crippen LogP contribution is -2.07. The van der Waals surface area contributed by atoms with E-state index in [9.17, 15) is 0 Å². The van der Waals surface area contributed by atoms with Crippen molar-refractivity contribution in [2.45, 2.75) is 27.0 Å². The molecule has 0 unspecified atom stereocenters. The molecule has 102 valence electrons. The van der Waals surface area contributed by atoms with Crippen LogP contribution in [-0.4, -0.2) is 16.7 Å². The highest BCUT2D eigenvalue weighted by Gasteiger charge is 2.05. The largest absolute Gasteiger partial charge is 0.380 e. The van der Waals surface area contributed by atoms with Crippen LogP contribution in [0.25, 0.3) is 0 Å². The molecule has 19 heavy (non-hydrogen) atoms. The van der Waals surface area contributed by atoms with Gasteiger partial charge in [-0.3, -0.25) is 0 Å². The van der Waals surface area contributed by atoms with Crippen molar-refractivity contribution in [3.8, 4) is 0 Å². The molecule has 0 aliphatic heterocycles. The van der Waals surface area contributed by atoms with Gasteiger partial charge in [0.2, 0.25) is 5.95 Å². The predicted molar refractivity (Wildman–Crippen MR) is 77.5 cm³/mol. The quantitative estimate of drug-likeness (QED) is 0.863. The number of rotatable bonds is 6. The summed E-state index contributed by atoms with van der Waals surface area (Å²) >= 11 is 0. The molecule has 0 saturated carbocycles. The Balaban J connectivity index is 2.12. The van der Waals surface area contributed by atoms with Crippen LogP contribution in [-0.2, 0) is 17.9 Å². The summed E-state index contributed by atoms with van der Waals surface area (Å²) < 4.78 is 7.28. The zero-order chi connectivity index (χ0) is 13.7. The maximum absolute atomic E-state index is 5.15. The molecular weight excluding hydrogens is 238 g/mol. The van der Waals surface area contributed by atoms with Crippen LogP contribution in [0, 0.1) is 5.92 Å². The van der Waals surface area contributed by atoms with E-state index in [1.807, 2.05) is 24.5 Å². The smallest absolute Gasteiger partial charge is 0.207 e. The van der Waals surface area contributed by atoms with E-state index in [0.29, 0.717) is 12.5 Å². The van der Waals surface area contributed by atoms with E-state index in [1.54, 1.807) is 7.11 Å². The summed E-state index contributed by atoms with van der Waals surface area (Å²) in [6.45, 7) is 5.97. The van der Waals surface area contributed by atoms with Crippen LogP contribution in [0.2, 0.25) is 0 Å². The summed E-state index contributed by atoms with van der Waals surface area (Å²) in [5.74, 6) is 1.47. The van der Waals surface area contributed by atoms with Crippen LogP contribution < -0.4 is 5.32 Å². The molecule has 4 nitrogen and oxygen atoms in total. The van der Waals surface area contributed by atoms with Crippen molar-refractivity contribution in [2.24, 2.45) is 5.92 Å². The first-order chi connectivity index (χ1) is 9.19. The number of nitrogens with one attached hydrogen (secondary N) is 1. The van der Waals surface area contributed by atoms with E-state index in [4.69, 9.17) is 4.74 Å². The van der Waals surface area contributed by atoms with Gasteiger partial charge in [0.15, 0.2) is 0 Å². The lowest BCUT2D eigenvalue weighted by Gasteiger charge is -2.12. The third-order valence-corrected chi connectivity index (χ3v) is 2.77. The Morgan fingerprint density at radius 2 is 2.21 bits per heavy atom. The molecule has 2 rings (SSSR count). The monoisotopic (exact) mass is 259 g/mol. The number of aromatic nitrogens is 2. The molecule has 1 heterocycles. The van der Waals surface area contributed by atoms with Crippen LogP contribution >= 0.6 is 0 Å². The molecule has 0 bridgehead atoms. The normalized spacial score (nSPS) is 10.9. The molecule has 0 spiro atoms. The van der Waals surface area contributed by atoms with Crippen LogP contribution in [0.5, 0.6) is 0 Å². The van der Waals surface area contributed by atoms with Gasteiger partial charge in [0.05, 0.1) is 6.61 Å². The van der Waals surface area contributed by atoms with E-state index in [1.165, 1.54) is 0 Å². The van der Waals surface area contributed by atoms with Crippen molar-refractivity contribution in [3.63, 3.8) is 0 Å². The molecule has 1 aromatic heterocycles. The van der Waals surface area contributed by atoms with Crippen LogP contribution in [0.1, 0.15) is 19.4 Å². The zero-order valence-electron chi connectivity index (χ0n) is 11.8. The van der Waals surface area contributed by atoms with E-state index < -0.39 is 0 Å². The van der Waals surface area contributed by atoms with Crippen molar-refractivity contribution in [1.82, 2.24) is 9.55 Å². The molecule has 0 radical (unpaired) electrons. The average molecular weight is 259 g/mol. The summed E-state index contributed by atoms with van der Waals surface area (Å²) in [6, 6.07) is 8.19. The standard InChI is InChI=1S/C15H21N3O/c1-12(2)10-18-8-7-16-15(18)17-14-6-4-5-13(9-14)11-19-3/h4-9,12H,10-11H2,1-3H3,(H,16,17). The van der Waals surface area contributed by atoms with Crippen molar-refractivity contribution in [1.29, 1.82) is 0 Å². The first-order valence-electron chi connectivity index (χ1n) is 6.55. The maximum atomic E-state index is 5.15. The van der Waals surface area contributed by atoms with Crippen molar-refractivity contribution in [2.75, 3.05) is 12.4 Å². The molecule has 0 amide bonds. The number of imidazole rings is 1. The topological polar surface area (TPSA) is 39.1 Å². The average Bonchev–Trinajstić information content (AvgIpc) is 2.77. The fourth-order valence-corrected chi connectivity index (χ4v) is 2.01. The van der Waals surface area contributed by atoms with Crippen molar-refractivity contribution in [3.05, 3.63) is 42.2 Å². The Bertz CT molecular complexity index is 520. The molecule has 2 aromatic rings. The van der Waals surface area contributed by atoms with Gasteiger partial charge in [-0.1, -0.05) is 26.0 Å².